The van der Waals surface area contributed by atoms with Gasteiger partial charge in [-0.3, -0.25) is 14.4 Å². The van der Waals surface area contributed by atoms with Gasteiger partial charge in [0.25, 0.3) is 0 Å². The lowest BCUT2D eigenvalue weighted by Crippen LogP contribution is -2.29. The van der Waals surface area contributed by atoms with Crippen LogP contribution in [0.25, 0.3) is 0 Å². The van der Waals surface area contributed by atoms with Crippen LogP contribution in [0.1, 0.15) is 15.9 Å². The van der Waals surface area contributed by atoms with Gasteiger partial charge in [0.15, 0.2) is 0 Å². The Labute approximate surface area is 137 Å². The lowest BCUT2D eigenvalue weighted by Gasteiger charge is -2.09. The Balaban J connectivity index is 2.03. The second kappa shape index (κ2) is 6.93. The molecule has 2 aromatic carbocycles. The van der Waals surface area contributed by atoms with Crippen molar-refractivity contribution in [3.05, 3.63) is 58.6 Å². The second-order valence-electron chi connectivity index (χ2n) is 4.81. The van der Waals surface area contributed by atoms with Crippen LogP contribution in [0.15, 0.2) is 42.5 Å². The molecule has 23 heavy (non-hydrogen) atoms. The molecule has 0 saturated carbocycles. The fourth-order valence-electron chi connectivity index (χ4n) is 1.81. The maximum Gasteiger partial charge on any atom is 0.314 e. The lowest BCUT2D eigenvalue weighted by molar-refractivity contribution is -0.133. The van der Waals surface area contributed by atoms with Crippen LogP contribution < -0.4 is 16.4 Å². The normalized spacial score (nSPS) is 10.0. The maximum atomic E-state index is 11.9. The summed E-state index contributed by atoms with van der Waals surface area (Å²) < 4.78 is 0. The van der Waals surface area contributed by atoms with Gasteiger partial charge in [-0.25, -0.2) is 0 Å². The Bertz CT molecular complexity index is 773. The average Bonchev–Trinajstić information content (AvgIpc) is 2.51. The van der Waals surface area contributed by atoms with Gasteiger partial charge in [0.2, 0.25) is 5.91 Å². The van der Waals surface area contributed by atoms with E-state index in [1.807, 2.05) is 0 Å². The number of halogens is 1. The molecule has 0 aliphatic heterocycles. The summed E-state index contributed by atoms with van der Waals surface area (Å²) >= 11 is 5.86. The third-order valence-electron chi connectivity index (χ3n) is 3.08. The number of nitrogens with two attached hydrogens (primary N) is 1. The van der Waals surface area contributed by atoms with Gasteiger partial charge in [0.1, 0.15) is 0 Å². The predicted octanol–water partition coefficient (Wildman–Crippen LogP) is 2.32. The summed E-state index contributed by atoms with van der Waals surface area (Å²) in [6, 6.07) is 10.9. The van der Waals surface area contributed by atoms with Gasteiger partial charge in [-0.1, -0.05) is 17.7 Å². The van der Waals surface area contributed by atoms with Crippen LogP contribution in [-0.2, 0) is 9.59 Å². The van der Waals surface area contributed by atoms with Gasteiger partial charge in [0, 0.05) is 22.0 Å². The van der Waals surface area contributed by atoms with E-state index < -0.39 is 17.7 Å². The Morgan fingerprint density at radius 1 is 0.957 bits per heavy atom. The SMILES string of the molecule is Cc1ccc(Cl)cc1NC(=O)C(=O)Nc1ccc(C(N)=O)cc1. The monoisotopic (exact) mass is 331 g/mol. The molecule has 2 aromatic rings. The van der Waals surface area contributed by atoms with E-state index >= 15 is 0 Å². The quantitative estimate of drug-likeness (QED) is 0.752. The van der Waals surface area contributed by atoms with Gasteiger partial charge in [-0.15, -0.1) is 0 Å². The van der Waals surface area contributed by atoms with Crippen molar-refractivity contribution >= 4 is 40.7 Å². The molecular weight excluding hydrogens is 318 g/mol. The van der Waals surface area contributed by atoms with Gasteiger partial charge in [0.05, 0.1) is 0 Å². The van der Waals surface area contributed by atoms with Crippen LogP contribution in [0.5, 0.6) is 0 Å². The van der Waals surface area contributed by atoms with E-state index in [4.69, 9.17) is 17.3 Å². The van der Waals surface area contributed by atoms with Crippen molar-refractivity contribution in [2.24, 2.45) is 5.73 Å². The summed E-state index contributed by atoms with van der Waals surface area (Å²) in [4.78, 5) is 34.8. The fourth-order valence-corrected chi connectivity index (χ4v) is 1.99. The van der Waals surface area contributed by atoms with Crippen LogP contribution in [0.4, 0.5) is 11.4 Å². The molecule has 7 heteroatoms. The largest absolute Gasteiger partial charge is 0.366 e. The molecule has 0 bridgehead atoms. The smallest absolute Gasteiger partial charge is 0.314 e. The molecule has 0 unspecified atom stereocenters. The van der Waals surface area contributed by atoms with Crippen LogP contribution >= 0.6 is 11.6 Å². The van der Waals surface area contributed by atoms with E-state index in [0.29, 0.717) is 22.0 Å². The Kier molecular flexibility index (Phi) is 4.98. The van der Waals surface area contributed by atoms with E-state index in [1.54, 1.807) is 25.1 Å². The average molecular weight is 332 g/mol. The summed E-state index contributed by atoms with van der Waals surface area (Å²) in [6.45, 7) is 1.78. The van der Waals surface area contributed by atoms with Gasteiger partial charge in [-0.2, -0.15) is 0 Å². The molecular formula is C16H14ClN3O3. The minimum atomic E-state index is -0.837. The topological polar surface area (TPSA) is 101 Å². The van der Waals surface area contributed by atoms with E-state index in [0.717, 1.165) is 5.56 Å². The molecule has 4 N–H and O–H groups in total. The van der Waals surface area contributed by atoms with Crippen molar-refractivity contribution in [2.45, 2.75) is 6.92 Å². The number of primary amides is 1. The maximum absolute atomic E-state index is 11.9. The molecule has 0 atom stereocenters. The number of hydrogen-bond acceptors (Lipinski definition) is 3. The zero-order valence-corrected chi connectivity index (χ0v) is 13.0. The highest BCUT2D eigenvalue weighted by molar-refractivity contribution is 6.43. The van der Waals surface area contributed by atoms with E-state index in [9.17, 15) is 14.4 Å². The van der Waals surface area contributed by atoms with Crippen LogP contribution in [0, 0.1) is 6.92 Å². The number of carbonyl (C=O) groups is 3. The van der Waals surface area contributed by atoms with Gasteiger partial charge in [-0.05, 0) is 48.9 Å². The summed E-state index contributed by atoms with van der Waals surface area (Å²) in [5.74, 6) is -2.23. The van der Waals surface area contributed by atoms with Crippen molar-refractivity contribution in [3.8, 4) is 0 Å². The minimum Gasteiger partial charge on any atom is -0.366 e. The Hall–Kier alpha value is -2.86. The van der Waals surface area contributed by atoms with Crippen molar-refractivity contribution < 1.29 is 14.4 Å². The molecule has 118 valence electrons. The summed E-state index contributed by atoms with van der Waals surface area (Å²) in [5.41, 5.74) is 7.04. The minimum absolute atomic E-state index is 0.307. The number of hydrogen-bond donors (Lipinski definition) is 3. The number of rotatable bonds is 3. The fraction of sp³-hybridized carbons (Fsp3) is 0.0625. The van der Waals surface area contributed by atoms with Gasteiger partial charge < -0.3 is 16.4 Å². The first-order valence-corrected chi connectivity index (χ1v) is 7.03. The lowest BCUT2D eigenvalue weighted by atomic mass is 10.2. The van der Waals surface area contributed by atoms with Crippen LogP contribution in [0.3, 0.4) is 0 Å². The molecule has 0 aromatic heterocycles. The highest BCUT2D eigenvalue weighted by Crippen LogP contribution is 2.20. The van der Waals surface area contributed by atoms with E-state index in [-0.39, 0.29) is 0 Å². The Morgan fingerprint density at radius 2 is 1.57 bits per heavy atom. The zero-order valence-electron chi connectivity index (χ0n) is 12.2. The first-order valence-electron chi connectivity index (χ1n) is 6.65. The van der Waals surface area contributed by atoms with Crippen LogP contribution in [-0.4, -0.2) is 17.7 Å². The predicted molar refractivity (Wildman–Crippen MR) is 88.4 cm³/mol. The first kappa shape index (κ1) is 16.5. The summed E-state index contributed by atoms with van der Waals surface area (Å²) in [5, 5.41) is 5.37. The van der Waals surface area contributed by atoms with Crippen molar-refractivity contribution in [2.75, 3.05) is 10.6 Å². The molecule has 0 saturated heterocycles. The molecule has 0 fully saturated rings. The zero-order chi connectivity index (χ0) is 17.0. The molecule has 0 aliphatic rings. The van der Waals surface area contributed by atoms with Crippen molar-refractivity contribution in [1.29, 1.82) is 0 Å². The number of anilines is 2. The molecule has 0 aliphatic carbocycles. The van der Waals surface area contributed by atoms with E-state index in [1.165, 1.54) is 24.3 Å². The highest BCUT2D eigenvalue weighted by Gasteiger charge is 2.15. The van der Waals surface area contributed by atoms with Crippen molar-refractivity contribution in [1.82, 2.24) is 0 Å². The summed E-state index contributed by atoms with van der Waals surface area (Å²) in [7, 11) is 0. The molecule has 0 radical (unpaired) electrons. The molecule has 3 amide bonds. The number of carbonyl (C=O) groups excluding carboxylic acids is 3. The van der Waals surface area contributed by atoms with Gasteiger partial charge >= 0.3 is 11.8 Å². The highest BCUT2D eigenvalue weighted by atomic mass is 35.5. The Morgan fingerprint density at radius 3 is 2.17 bits per heavy atom. The van der Waals surface area contributed by atoms with E-state index in [2.05, 4.69) is 10.6 Å². The third kappa shape index (κ3) is 4.31. The number of aryl methyl sites for hydroxylation is 1. The molecule has 2 rings (SSSR count). The number of nitrogens with one attached hydrogen (secondary N) is 2. The first-order chi connectivity index (χ1) is 10.9. The second-order valence-corrected chi connectivity index (χ2v) is 5.25. The molecule has 6 nitrogen and oxygen atoms in total. The summed E-state index contributed by atoms with van der Waals surface area (Å²) in [6.07, 6.45) is 0. The van der Waals surface area contributed by atoms with Crippen LogP contribution in [0.2, 0.25) is 5.02 Å². The standard InChI is InChI=1S/C16H14ClN3O3/c1-9-2-5-11(17)8-13(9)20-16(23)15(22)19-12-6-3-10(4-7-12)14(18)21/h2-8H,1H3,(H2,18,21)(H,19,22)(H,20,23). The third-order valence-corrected chi connectivity index (χ3v) is 3.32. The number of benzene rings is 2. The van der Waals surface area contributed by atoms with Crippen molar-refractivity contribution in [3.63, 3.8) is 0 Å². The number of amides is 3. The molecule has 0 heterocycles. The molecule has 0 spiro atoms.